The van der Waals surface area contributed by atoms with E-state index in [2.05, 4.69) is 0 Å². The van der Waals surface area contributed by atoms with Crippen molar-refractivity contribution in [2.24, 2.45) is 0 Å². The summed E-state index contributed by atoms with van der Waals surface area (Å²) >= 11 is 7.48. The first-order chi connectivity index (χ1) is 8.84. The van der Waals surface area contributed by atoms with Gasteiger partial charge in [-0.15, -0.1) is 0 Å². The highest BCUT2D eigenvalue weighted by atomic mass is 35.5. The normalized spacial score (nSPS) is 13.7. The number of nitrogens with zero attached hydrogens (tertiary/aromatic N) is 1. The van der Waals surface area contributed by atoms with Crippen molar-refractivity contribution in [3.05, 3.63) is 23.2 Å². The molecular formula is C12H19ClN2O2S2. The molecule has 0 aliphatic heterocycles. The summed E-state index contributed by atoms with van der Waals surface area (Å²) in [5.74, 6) is 0.743. The van der Waals surface area contributed by atoms with Crippen LogP contribution in [0.5, 0.6) is 0 Å². The second-order valence-corrected chi connectivity index (χ2v) is 7.53. The van der Waals surface area contributed by atoms with E-state index in [9.17, 15) is 8.42 Å². The number of hydrogen-bond donors (Lipinski definition) is 1. The van der Waals surface area contributed by atoms with Crippen LogP contribution in [0.1, 0.15) is 13.3 Å². The molecule has 2 N–H and O–H groups in total. The molecule has 0 heterocycles. The van der Waals surface area contributed by atoms with E-state index in [-0.39, 0.29) is 16.6 Å². The van der Waals surface area contributed by atoms with Crippen molar-refractivity contribution in [1.29, 1.82) is 0 Å². The molecule has 0 spiro atoms. The second-order valence-electron chi connectivity index (χ2n) is 4.22. The minimum absolute atomic E-state index is 0.0571. The molecule has 0 amide bonds. The molecule has 1 aromatic carbocycles. The van der Waals surface area contributed by atoms with Crippen LogP contribution in [0.4, 0.5) is 5.69 Å². The van der Waals surface area contributed by atoms with Gasteiger partial charge in [0.05, 0.1) is 5.69 Å². The average molecular weight is 323 g/mol. The van der Waals surface area contributed by atoms with Gasteiger partial charge in [-0.05, 0) is 30.9 Å². The van der Waals surface area contributed by atoms with Gasteiger partial charge in [-0.3, -0.25) is 0 Å². The van der Waals surface area contributed by atoms with E-state index < -0.39 is 10.0 Å². The lowest BCUT2D eigenvalue weighted by molar-refractivity contribution is 0.385. The van der Waals surface area contributed by atoms with Crippen molar-refractivity contribution < 1.29 is 8.42 Å². The number of nitrogen functional groups attached to an aromatic ring is 1. The number of thioether (sulfide) groups is 1. The van der Waals surface area contributed by atoms with E-state index in [4.69, 9.17) is 17.3 Å². The summed E-state index contributed by atoms with van der Waals surface area (Å²) in [6.07, 6.45) is 2.70. The average Bonchev–Trinajstić information content (AvgIpc) is 2.37. The predicted molar refractivity (Wildman–Crippen MR) is 83.3 cm³/mol. The second kappa shape index (κ2) is 6.83. The van der Waals surface area contributed by atoms with Gasteiger partial charge in [-0.25, -0.2) is 8.42 Å². The molecule has 1 aromatic rings. The summed E-state index contributed by atoms with van der Waals surface area (Å²) < 4.78 is 26.5. The topological polar surface area (TPSA) is 63.4 Å². The highest BCUT2D eigenvalue weighted by molar-refractivity contribution is 7.98. The standard InChI is InChI=1S/C12H19ClN2O2S2/c1-4-10(8-18-3)15(2)19(16,17)12-7-9(13)5-6-11(12)14/h5-7,10H,4,8,14H2,1-3H3. The van der Waals surface area contributed by atoms with E-state index in [1.54, 1.807) is 24.9 Å². The van der Waals surface area contributed by atoms with Crippen LogP contribution in [0.15, 0.2) is 23.1 Å². The zero-order chi connectivity index (χ0) is 14.6. The van der Waals surface area contributed by atoms with E-state index in [0.717, 1.165) is 12.2 Å². The van der Waals surface area contributed by atoms with Crippen LogP contribution in [-0.4, -0.2) is 37.8 Å². The molecular weight excluding hydrogens is 304 g/mol. The smallest absolute Gasteiger partial charge is 0.245 e. The molecule has 1 unspecified atom stereocenters. The number of rotatable bonds is 6. The highest BCUT2D eigenvalue weighted by Crippen LogP contribution is 2.27. The molecule has 0 saturated heterocycles. The third-order valence-corrected chi connectivity index (χ3v) is 5.90. The van der Waals surface area contributed by atoms with Crippen LogP contribution in [0.25, 0.3) is 0 Å². The number of sulfonamides is 1. The van der Waals surface area contributed by atoms with Gasteiger partial charge in [0.1, 0.15) is 4.90 Å². The molecule has 0 aliphatic carbocycles. The molecule has 1 rings (SSSR count). The number of benzene rings is 1. The Labute approximate surface area is 124 Å². The van der Waals surface area contributed by atoms with E-state index in [1.165, 1.54) is 16.4 Å². The van der Waals surface area contributed by atoms with Crippen molar-refractivity contribution >= 4 is 39.1 Å². The van der Waals surface area contributed by atoms with E-state index >= 15 is 0 Å². The lowest BCUT2D eigenvalue weighted by Crippen LogP contribution is -2.38. The molecule has 1 atom stereocenters. The maximum Gasteiger partial charge on any atom is 0.245 e. The van der Waals surface area contributed by atoms with Crippen molar-refractivity contribution in [1.82, 2.24) is 4.31 Å². The Morgan fingerprint density at radius 1 is 1.47 bits per heavy atom. The van der Waals surface area contributed by atoms with E-state index in [1.807, 2.05) is 13.2 Å². The zero-order valence-corrected chi connectivity index (χ0v) is 13.6. The van der Waals surface area contributed by atoms with Gasteiger partial charge in [0.25, 0.3) is 0 Å². The fourth-order valence-electron chi connectivity index (χ4n) is 1.76. The number of anilines is 1. The molecule has 0 fully saturated rings. The van der Waals surface area contributed by atoms with Crippen LogP contribution >= 0.6 is 23.4 Å². The third-order valence-electron chi connectivity index (χ3n) is 2.98. The Morgan fingerprint density at radius 2 is 2.11 bits per heavy atom. The number of hydrogen-bond acceptors (Lipinski definition) is 4. The monoisotopic (exact) mass is 322 g/mol. The first-order valence-corrected chi connectivity index (χ1v) is 9.07. The Kier molecular flexibility index (Phi) is 5.98. The fourth-order valence-corrected chi connectivity index (χ4v) is 4.50. The minimum Gasteiger partial charge on any atom is -0.398 e. The molecule has 4 nitrogen and oxygen atoms in total. The Morgan fingerprint density at radius 3 is 2.63 bits per heavy atom. The van der Waals surface area contributed by atoms with Gasteiger partial charge in [0, 0.05) is 23.9 Å². The van der Waals surface area contributed by atoms with Crippen molar-refractivity contribution in [3.63, 3.8) is 0 Å². The van der Waals surface area contributed by atoms with Gasteiger partial charge in [0.15, 0.2) is 0 Å². The quantitative estimate of drug-likeness (QED) is 0.818. The van der Waals surface area contributed by atoms with Crippen LogP contribution in [0.3, 0.4) is 0 Å². The van der Waals surface area contributed by atoms with Crippen LogP contribution in [0.2, 0.25) is 5.02 Å². The first kappa shape index (κ1) is 16.6. The van der Waals surface area contributed by atoms with Crippen LogP contribution < -0.4 is 5.73 Å². The summed E-state index contributed by atoms with van der Waals surface area (Å²) in [4.78, 5) is 0.0713. The summed E-state index contributed by atoms with van der Waals surface area (Å²) in [5.41, 5.74) is 5.98. The number of halogens is 1. The molecule has 0 bridgehead atoms. The summed E-state index contributed by atoms with van der Waals surface area (Å²) in [6.45, 7) is 1.97. The van der Waals surface area contributed by atoms with Gasteiger partial charge >= 0.3 is 0 Å². The summed E-state index contributed by atoms with van der Waals surface area (Å²) in [6, 6.07) is 4.43. The maximum absolute atomic E-state index is 12.6. The third kappa shape index (κ3) is 3.78. The van der Waals surface area contributed by atoms with E-state index in [0.29, 0.717) is 5.02 Å². The van der Waals surface area contributed by atoms with Crippen molar-refractivity contribution in [2.45, 2.75) is 24.3 Å². The first-order valence-electron chi connectivity index (χ1n) is 5.86. The predicted octanol–water partition coefficient (Wildman–Crippen LogP) is 2.68. The summed E-state index contributed by atoms with van der Waals surface area (Å²) in [7, 11) is -2.03. The van der Waals surface area contributed by atoms with Crippen LogP contribution in [0, 0.1) is 0 Å². The Balaban J connectivity index is 3.19. The molecule has 0 saturated carbocycles. The Bertz CT molecular complexity index is 535. The largest absolute Gasteiger partial charge is 0.398 e. The van der Waals surface area contributed by atoms with Crippen LogP contribution in [-0.2, 0) is 10.0 Å². The zero-order valence-electron chi connectivity index (χ0n) is 11.3. The Hall–Kier alpha value is -0.430. The lowest BCUT2D eigenvalue weighted by Gasteiger charge is -2.26. The molecule has 0 aliphatic rings. The molecule has 0 aromatic heterocycles. The molecule has 108 valence electrons. The molecule has 19 heavy (non-hydrogen) atoms. The van der Waals surface area contributed by atoms with Gasteiger partial charge in [0.2, 0.25) is 10.0 Å². The molecule has 0 radical (unpaired) electrons. The highest BCUT2D eigenvalue weighted by Gasteiger charge is 2.28. The van der Waals surface area contributed by atoms with Gasteiger partial charge in [-0.2, -0.15) is 16.1 Å². The fraction of sp³-hybridized carbons (Fsp3) is 0.500. The number of nitrogens with two attached hydrogens (primary N) is 1. The maximum atomic E-state index is 12.6. The van der Waals surface area contributed by atoms with Crippen molar-refractivity contribution in [3.8, 4) is 0 Å². The van der Waals surface area contributed by atoms with Gasteiger partial charge in [-0.1, -0.05) is 18.5 Å². The SMILES string of the molecule is CCC(CSC)N(C)S(=O)(=O)c1cc(Cl)ccc1N. The van der Waals surface area contributed by atoms with Crippen molar-refractivity contribution in [2.75, 3.05) is 24.8 Å². The molecule has 7 heteroatoms. The van der Waals surface area contributed by atoms with Gasteiger partial charge < -0.3 is 5.73 Å². The minimum atomic E-state index is -3.62. The summed E-state index contributed by atoms with van der Waals surface area (Å²) in [5, 5.41) is 0.360. The lowest BCUT2D eigenvalue weighted by atomic mass is 10.3.